The number of methoxy groups -OCH3 is 1. The molecule has 18 heavy (non-hydrogen) atoms. The van der Waals surface area contributed by atoms with Crippen LogP contribution in [0.4, 0.5) is 0 Å². The van der Waals surface area contributed by atoms with Crippen molar-refractivity contribution in [2.24, 2.45) is 0 Å². The van der Waals surface area contributed by atoms with Crippen LogP contribution in [-0.4, -0.2) is 12.1 Å². The Morgan fingerprint density at radius 2 is 1.72 bits per heavy atom. The standard InChI is InChI=1S/C15H19NOS/c1-10-14(17-5)18-13(16-10)11-6-8-12(9-7-11)15(2,3)4/h6-9H,1-5H3. The fourth-order valence-corrected chi connectivity index (χ4v) is 2.70. The van der Waals surface area contributed by atoms with Gasteiger partial charge in [0.25, 0.3) is 0 Å². The predicted molar refractivity (Wildman–Crippen MR) is 77.5 cm³/mol. The summed E-state index contributed by atoms with van der Waals surface area (Å²) in [6.45, 7) is 8.64. The molecule has 0 saturated heterocycles. The largest absolute Gasteiger partial charge is 0.486 e. The summed E-state index contributed by atoms with van der Waals surface area (Å²) in [5.41, 5.74) is 3.64. The molecule has 0 aliphatic rings. The summed E-state index contributed by atoms with van der Waals surface area (Å²) in [5.74, 6) is 0. The number of rotatable bonds is 2. The van der Waals surface area contributed by atoms with E-state index in [0.717, 1.165) is 21.3 Å². The number of hydrogen-bond acceptors (Lipinski definition) is 3. The van der Waals surface area contributed by atoms with E-state index in [-0.39, 0.29) is 5.41 Å². The van der Waals surface area contributed by atoms with Crippen molar-refractivity contribution in [3.05, 3.63) is 35.5 Å². The van der Waals surface area contributed by atoms with E-state index in [1.807, 2.05) is 6.92 Å². The predicted octanol–water partition coefficient (Wildman–Crippen LogP) is 4.42. The van der Waals surface area contributed by atoms with Gasteiger partial charge in [-0.15, -0.1) is 0 Å². The molecule has 0 aliphatic carbocycles. The smallest absolute Gasteiger partial charge is 0.197 e. The van der Waals surface area contributed by atoms with E-state index in [2.05, 4.69) is 50.0 Å². The molecule has 2 aromatic rings. The van der Waals surface area contributed by atoms with Gasteiger partial charge >= 0.3 is 0 Å². The van der Waals surface area contributed by atoms with E-state index in [1.54, 1.807) is 18.4 Å². The Balaban J connectivity index is 2.34. The second-order valence-electron chi connectivity index (χ2n) is 5.42. The molecule has 1 heterocycles. The molecule has 3 heteroatoms. The first kappa shape index (κ1) is 13.1. The van der Waals surface area contributed by atoms with Crippen LogP contribution in [0.25, 0.3) is 10.6 Å². The minimum Gasteiger partial charge on any atom is -0.486 e. The quantitative estimate of drug-likeness (QED) is 0.798. The molecule has 0 aliphatic heterocycles. The number of thiazole rings is 1. The molecular formula is C15H19NOS. The van der Waals surface area contributed by atoms with Crippen LogP contribution in [0.2, 0.25) is 0 Å². The molecule has 0 N–H and O–H groups in total. The lowest BCUT2D eigenvalue weighted by Gasteiger charge is -2.18. The van der Waals surface area contributed by atoms with Gasteiger partial charge in [0.1, 0.15) is 5.01 Å². The van der Waals surface area contributed by atoms with Gasteiger partial charge in [0, 0.05) is 5.56 Å². The average molecular weight is 261 g/mol. The topological polar surface area (TPSA) is 22.1 Å². The fourth-order valence-electron chi connectivity index (χ4n) is 1.81. The molecule has 0 radical (unpaired) electrons. The van der Waals surface area contributed by atoms with Crippen molar-refractivity contribution in [3.63, 3.8) is 0 Å². The van der Waals surface area contributed by atoms with Crippen LogP contribution in [0.5, 0.6) is 5.06 Å². The average Bonchev–Trinajstić information content (AvgIpc) is 2.69. The summed E-state index contributed by atoms with van der Waals surface area (Å²) in [4.78, 5) is 4.54. The first-order valence-corrected chi connectivity index (χ1v) is 6.86. The summed E-state index contributed by atoms with van der Waals surface area (Å²) in [6, 6.07) is 8.63. The number of nitrogens with zero attached hydrogens (tertiary/aromatic N) is 1. The molecular weight excluding hydrogens is 242 g/mol. The zero-order chi connectivity index (χ0) is 13.3. The summed E-state index contributed by atoms with van der Waals surface area (Å²) in [6.07, 6.45) is 0. The number of aryl methyl sites for hydroxylation is 1. The minimum absolute atomic E-state index is 0.189. The molecule has 2 nitrogen and oxygen atoms in total. The van der Waals surface area contributed by atoms with Gasteiger partial charge in [0.15, 0.2) is 5.06 Å². The van der Waals surface area contributed by atoms with Crippen molar-refractivity contribution >= 4 is 11.3 Å². The van der Waals surface area contributed by atoms with Crippen molar-refractivity contribution in [2.45, 2.75) is 33.1 Å². The maximum Gasteiger partial charge on any atom is 0.197 e. The van der Waals surface area contributed by atoms with Gasteiger partial charge in [-0.1, -0.05) is 56.4 Å². The van der Waals surface area contributed by atoms with Crippen LogP contribution in [-0.2, 0) is 5.41 Å². The van der Waals surface area contributed by atoms with Gasteiger partial charge in [-0.05, 0) is 17.9 Å². The van der Waals surface area contributed by atoms with Gasteiger partial charge < -0.3 is 4.74 Å². The molecule has 0 atom stereocenters. The summed E-state index contributed by atoms with van der Waals surface area (Å²) < 4.78 is 5.28. The van der Waals surface area contributed by atoms with E-state index in [0.29, 0.717) is 0 Å². The van der Waals surface area contributed by atoms with Crippen molar-refractivity contribution < 1.29 is 4.74 Å². The first-order valence-electron chi connectivity index (χ1n) is 6.04. The third-order valence-electron chi connectivity index (χ3n) is 2.94. The monoisotopic (exact) mass is 261 g/mol. The second-order valence-corrected chi connectivity index (χ2v) is 6.38. The fraction of sp³-hybridized carbons (Fsp3) is 0.400. The van der Waals surface area contributed by atoms with Crippen LogP contribution in [0, 0.1) is 6.92 Å². The van der Waals surface area contributed by atoms with Gasteiger partial charge in [0.05, 0.1) is 12.8 Å². The van der Waals surface area contributed by atoms with Gasteiger partial charge in [-0.25, -0.2) is 4.98 Å². The lowest BCUT2D eigenvalue weighted by atomic mass is 9.87. The molecule has 0 saturated carbocycles. The van der Waals surface area contributed by atoms with Gasteiger partial charge in [0.2, 0.25) is 0 Å². The molecule has 1 aromatic carbocycles. The third kappa shape index (κ3) is 2.56. The number of hydrogen-bond donors (Lipinski definition) is 0. The Hall–Kier alpha value is -1.35. The second kappa shape index (κ2) is 4.73. The summed E-state index contributed by atoms with van der Waals surface area (Å²) >= 11 is 1.59. The number of ether oxygens (including phenoxy) is 1. The van der Waals surface area contributed by atoms with E-state index in [9.17, 15) is 0 Å². The van der Waals surface area contributed by atoms with Crippen molar-refractivity contribution in [2.75, 3.05) is 7.11 Å². The highest BCUT2D eigenvalue weighted by Gasteiger charge is 2.14. The van der Waals surface area contributed by atoms with Gasteiger partial charge in [-0.2, -0.15) is 0 Å². The van der Waals surface area contributed by atoms with Crippen LogP contribution < -0.4 is 4.74 Å². The van der Waals surface area contributed by atoms with E-state index < -0.39 is 0 Å². The molecule has 0 fully saturated rings. The first-order chi connectivity index (χ1) is 8.41. The Morgan fingerprint density at radius 3 is 2.17 bits per heavy atom. The molecule has 0 amide bonds. The maximum atomic E-state index is 5.28. The molecule has 96 valence electrons. The lowest BCUT2D eigenvalue weighted by Crippen LogP contribution is -2.10. The molecule has 1 aromatic heterocycles. The van der Waals surface area contributed by atoms with E-state index in [1.165, 1.54) is 5.56 Å². The van der Waals surface area contributed by atoms with Gasteiger partial charge in [-0.3, -0.25) is 0 Å². The SMILES string of the molecule is COc1sc(-c2ccc(C(C)(C)C)cc2)nc1C. The van der Waals surface area contributed by atoms with E-state index >= 15 is 0 Å². The Kier molecular flexibility index (Phi) is 3.44. The highest BCUT2D eigenvalue weighted by Crippen LogP contribution is 2.34. The van der Waals surface area contributed by atoms with Crippen molar-refractivity contribution in [1.29, 1.82) is 0 Å². The summed E-state index contributed by atoms with van der Waals surface area (Å²) in [5, 5.41) is 1.91. The Labute approximate surface area is 113 Å². The molecule has 0 spiro atoms. The van der Waals surface area contributed by atoms with Crippen LogP contribution in [0.3, 0.4) is 0 Å². The van der Waals surface area contributed by atoms with Crippen LogP contribution >= 0.6 is 11.3 Å². The minimum atomic E-state index is 0.189. The summed E-state index contributed by atoms with van der Waals surface area (Å²) in [7, 11) is 1.69. The van der Waals surface area contributed by atoms with Crippen LogP contribution in [0.15, 0.2) is 24.3 Å². The molecule has 0 unspecified atom stereocenters. The third-order valence-corrected chi connectivity index (χ3v) is 4.11. The zero-order valence-corrected chi connectivity index (χ0v) is 12.4. The number of aromatic nitrogens is 1. The maximum absolute atomic E-state index is 5.28. The van der Waals surface area contributed by atoms with Crippen LogP contribution in [0.1, 0.15) is 32.0 Å². The zero-order valence-electron chi connectivity index (χ0n) is 11.6. The highest BCUT2D eigenvalue weighted by atomic mass is 32.1. The number of benzene rings is 1. The van der Waals surface area contributed by atoms with Crippen molar-refractivity contribution in [1.82, 2.24) is 4.98 Å². The molecule has 2 rings (SSSR count). The highest BCUT2D eigenvalue weighted by molar-refractivity contribution is 7.17. The Morgan fingerprint density at radius 1 is 1.11 bits per heavy atom. The van der Waals surface area contributed by atoms with Crippen molar-refractivity contribution in [3.8, 4) is 15.6 Å². The Bertz CT molecular complexity index is 535. The normalized spacial score (nSPS) is 11.6. The lowest BCUT2D eigenvalue weighted by molar-refractivity contribution is 0.423. The molecule has 0 bridgehead atoms. The van der Waals surface area contributed by atoms with E-state index in [4.69, 9.17) is 4.74 Å².